The molecule has 0 radical (unpaired) electrons. The molecule has 1 aliphatic rings. The van der Waals surface area contributed by atoms with E-state index in [1.807, 2.05) is 12.1 Å². The van der Waals surface area contributed by atoms with Gasteiger partial charge in [-0.3, -0.25) is 6.08 Å². The first-order valence-electron chi connectivity index (χ1n) is 6.57. The Hall–Kier alpha value is -1.09. The van der Waals surface area contributed by atoms with E-state index in [0.717, 1.165) is 12.1 Å². The summed E-state index contributed by atoms with van der Waals surface area (Å²) in [4.78, 5) is 3.92. The molecular weight excluding hydrogens is 408 g/mol. The van der Waals surface area contributed by atoms with E-state index in [0.29, 0.717) is 0 Å². The van der Waals surface area contributed by atoms with E-state index in [-0.39, 0.29) is 51.0 Å². The van der Waals surface area contributed by atoms with Crippen LogP contribution in [0.15, 0.2) is 66.8 Å². The number of allylic oxidation sites excluding steroid dienone is 4. The summed E-state index contributed by atoms with van der Waals surface area (Å²) in [5, 5.41) is 6.56. The van der Waals surface area contributed by atoms with Crippen LogP contribution in [0.25, 0.3) is 16.5 Å². The van der Waals surface area contributed by atoms with E-state index in [1.165, 1.54) is 22.7 Å². The molecule has 0 fully saturated rings. The van der Waals surface area contributed by atoms with Crippen LogP contribution in [-0.2, 0) is 26.2 Å². The van der Waals surface area contributed by atoms with Crippen LogP contribution < -0.4 is 24.8 Å². The SMILES string of the molecule is CC1=[C-]CC=C1.[Cl-].[Cl-].[Zr+4].c1ccc2[cH-]c(-n3cncn3)cc2c1. The number of rotatable bonds is 1. The van der Waals surface area contributed by atoms with Gasteiger partial charge >= 0.3 is 26.2 Å². The first-order chi connectivity index (χ1) is 9.83. The monoisotopic (exact) mass is 421 g/mol. The third-order valence-electron chi connectivity index (χ3n) is 3.15. The van der Waals surface area contributed by atoms with Crippen LogP contribution in [-0.4, -0.2) is 14.8 Å². The Morgan fingerprint density at radius 1 is 1.22 bits per heavy atom. The number of hydrogen-bond donors (Lipinski definition) is 0. The summed E-state index contributed by atoms with van der Waals surface area (Å²) in [5.74, 6) is 0. The van der Waals surface area contributed by atoms with Crippen LogP contribution >= 0.6 is 0 Å². The van der Waals surface area contributed by atoms with Gasteiger partial charge in [0.25, 0.3) is 0 Å². The van der Waals surface area contributed by atoms with Crippen molar-refractivity contribution in [2.75, 3.05) is 0 Å². The topological polar surface area (TPSA) is 30.7 Å². The van der Waals surface area contributed by atoms with Crippen molar-refractivity contribution in [3.8, 4) is 5.69 Å². The predicted octanol–water partition coefficient (Wildman–Crippen LogP) is -2.16. The average molecular weight is 423 g/mol. The molecule has 0 spiro atoms. The van der Waals surface area contributed by atoms with Crippen LogP contribution in [0.2, 0.25) is 0 Å². The molecule has 0 aliphatic heterocycles. The molecule has 23 heavy (non-hydrogen) atoms. The zero-order chi connectivity index (χ0) is 13.8. The van der Waals surface area contributed by atoms with Crippen molar-refractivity contribution >= 4 is 10.8 Å². The number of aromatic nitrogens is 3. The summed E-state index contributed by atoms with van der Waals surface area (Å²) in [7, 11) is 0. The Balaban J connectivity index is 0.000000469. The zero-order valence-electron chi connectivity index (χ0n) is 12.6. The van der Waals surface area contributed by atoms with Crippen LogP contribution in [0.4, 0.5) is 0 Å². The molecular formula is C17H15Cl2N3Zr. The van der Waals surface area contributed by atoms with Crippen LogP contribution in [0, 0.1) is 6.08 Å². The maximum absolute atomic E-state index is 4.09. The maximum atomic E-state index is 4.09. The molecule has 0 unspecified atom stereocenters. The fourth-order valence-corrected chi connectivity index (χ4v) is 2.12. The number of benzene rings is 1. The summed E-state index contributed by atoms with van der Waals surface area (Å²) in [6, 6.07) is 12.5. The van der Waals surface area contributed by atoms with Crippen molar-refractivity contribution in [2.45, 2.75) is 13.3 Å². The molecule has 1 aromatic heterocycles. The third kappa shape index (κ3) is 5.80. The van der Waals surface area contributed by atoms with Gasteiger partial charge in [0, 0.05) is 0 Å². The fraction of sp³-hybridized carbons (Fsp3) is 0.118. The number of fused-ring (bicyclic) bond motifs is 1. The maximum Gasteiger partial charge on any atom is 4.00 e. The molecule has 0 atom stereocenters. The number of nitrogens with zero attached hydrogens (tertiary/aromatic N) is 3. The molecule has 3 aromatic rings. The minimum atomic E-state index is 0. The van der Waals surface area contributed by atoms with E-state index >= 15 is 0 Å². The van der Waals surface area contributed by atoms with Gasteiger partial charge < -0.3 is 24.8 Å². The smallest absolute Gasteiger partial charge is 1.00 e. The first-order valence-corrected chi connectivity index (χ1v) is 6.57. The number of hydrogen-bond acceptors (Lipinski definition) is 2. The summed E-state index contributed by atoms with van der Waals surface area (Å²) in [6.45, 7) is 2.06. The quantitative estimate of drug-likeness (QED) is 0.418. The third-order valence-corrected chi connectivity index (χ3v) is 3.15. The zero-order valence-corrected chi connectivity index (χ0v) is 16.5. The Morgan fingerprint density at radius 2 is 2.00 bits per heavy atom. The van der Waals surface area contributed by atoms with Gasteiger partial charge in [0.15, 0.2) is 0 Å². The molecule has 0 amide bonds. The standard InChI is InChI=1S/C11H8N3.C6H7.2ClH.Zr/c1-2-4-10-6-11(5-9(10)3-1)14-8-12-7-13-14;1-6-4-2-3-5-6;;;/h1-8H;2,4H,3H2,1H3;2*1H;/q2*-1;;;+4/p-2. The van der Waals surface area contributed by atoms with Gasteiger partial charge in [0.1, 0.15) is 12.7 Å². The van der Waals surface area contributed by atoms with E-state index < -0.39 is 0 Å². The van der Waals surface area contributed by atoms with Crippen molar-refractivity contribution in [3.63, 3.8) is 0 Å². The Kier molecular flexibility index (Phi) is 10.1. The molecule has 116 valence electrons. The van der Waals surface area contributed by atoms with Gasteiger partial charge in [0.2, 0.25) is 0 Å². The fourth-order valence-electron chi connectivity index (χ4n) is 2.12. The van der Waals surface area contributed by atoms with E-state index in [4.69, 9.17) is 0 Å². The van der Waals surface area contributed by atoms with Gasteiger partial charge in [-0.15, -0.1) is 47.5 Å². The summed E-state index contributed by atoms with van der Waals surface area (Å²) >= 11 is 0. The van der Waals surface area contributed by atoms with Crippen molar-refractivity contribution in [1.29, 1.82) is 0 Å². The molecule has 0 N–H and O–H groups in total. The molecule has 3 nitrogen and oxygen atoms in total. The van der Waals surface area contributed by atoms with Crippen molar-refractivity contribution in [2.24, 2.45) is 0 Å². The van der Waals surface area contributed by atoms with Crippen molar-refractivity contribution < 1.29 is 51.0 Å². The summed E-state index contributed by atoms with van der Waals surface area (Å²) < 4.78 is 1.76. The Bertz CT molecular complexity index is 725. The predicted molar refractivity (Wildman–Crippen MR) is 80.6 cm³/mol. The molecule has 4 rings (SSSR count). The molecule has 1 aliphatic carbocycles. The minimum Gasteiger partial charge on any atom is -1.00 e. The molecule has 0 saturated heterocycles. The molecule has 0 bridgehead atoms. The van der Waals surface area contributed by atoms with Crippen LogP contribution in [0.5, 0.6) is 0 Å². The van der Waals surface area contributed by atoms with E-state index in [1.54, 1.807) is 11.0 Å². The van der Waals surface area contributed by atoms with Crippen LogP contribution in [0.1, 0.15) is 13.3 Å². The minimum absolute atomic E-state index is 0. The van der Waals surface area contributed by atoms with Gasteiger partial charge in [-0.05, 0) is 5.69 Å². The second-order valence-electron chi connectivity index (χ2n) is 4.65. The van der Waals surface area contributed by atoms with Gasteiger partial charge in [0.05, 0.1) is 0 Å². The number of halogens is 2. The van der Waals surface area contributed by atoms with E-state index in [2.05, 4.69) is 59.5 Å². The molecule has 1 heterocycles. The van der Waals surface area contributed by atoms with Gasteiger partial charge in [-0.25, -0.2) is 21.3 Å². The molecule has 2 aromatic carbocycles. The largest absolute Gasteiger partial charge is 4.00 e. The second kappa shape index (κ2) is 10.6. The van der Waals surface area contributed by atoms with Crippen molar-refractivity contribution in [3.05, 3.63) is 72.9 Å². The average Bonchev–Trinajstić information content (AvgIpc) is 3.20. The van der Waals surface area contributed by atoms with Gasteiger partial charge in [-0.1, -0.05) is 13.0 Å². The molecule has 6 heteroatoms. The van der Waals surface area contributed by atoms with Crippen LogP contribution in [0.3, 0.4) is 0 Å². The normalized spacial score (nSPS) is 11.4. The van der Waals surface area contributed by atoms with Gasteiger partial charge in [-0.2, -0.15) is 11.2 Å². The molecule has 0 saturated carbocycles. The van der Waals surface area contributed by atoms with E-state index in [9.17, 15) is 0 Å². The Morgan fingerprint density at radius 3 is 2.52 bits per heavy atom. The summed E-state index contributed by atoms with van der Waals surface area (Å²) in [6.07, 6.45) is 11.6. The summed E-state index contributed by atoms with van der Waals surface area (Å²) in [5.41, 5.74) is 2.33. The Labute approximate surface area is 167 Å². The van der Waals surface area contributed by atoms with Crippen molar-refractivity contribution in [1.82, 2.24) is 14.8 Å². The first kappa shape index (κ1) is 21.9. The second-order valence-corrected chi connectivity index (χ2v) is 4.65.